The van der Waals surface area contributed by atoms with Gasteiger partial charge in [0.15, 0.2) is 5.11 Å². The summed E-state index contributed by atoms with van der Waals surface area (Å²) in [6, 6.07) is 3.94. The van der Waals surface area contributed by atoms with Crippen LogP contribution in [0.1, 0.15) is 37.0 Å². The maximum Gasteiger partial charge on any atom is 0.339 e. The molecule has 0 unspecified atom stereocenters. The molecule has 0 atom stereocenters. The standard InChI is InChI=1S/C14H18N2O4S/c1-8(2)3-6-12(18)16-14(21)15-9-4-5-10(13(19)20)11(17)7-9/h4-5,7-8,17H,3,6H2,1-2H3,(H,19,20)(H2,15,16,18,21). The van der Waals surface area contributed by atoms with Gasteiger partial charge in [0.25, 0.3) is 0 Å². The highest BCUT2D eigenvalue weighted by molar-refractivity contribution is 7.80. The molecular formula is C14H18N2O4S. The molecule has 0 radical (unpaired) electrons. The zero-order valence-electron chi connectivity index (χ0n) is 11.8. The quantitative estimate of drug-likeness (QED) is 0.623. The van der Waals surface area contributed by atoms with Gasteiger partial charge in [0.2, 0.25) is 5.91 Å². The summed E-state index contributed by atoms with van der Waals surface area (Å²) in [7, 11) is 0. The Morgan fingerprint density at radius 3 is 2.52 bits per heavy atom. The molecule has 0 saturated heterocycles. The van der Waals surface area contributed by atoms with Gasteiger partial charge in [-0.15, -0.1) is 0 Å². The number of hydrogen-bond donors (Lipinski definition) is 4. The Kier molecular flexibility index (Phi) is 6.10. The number of aromatic carboxylic acids is 1. The number of aromatic hydroxyl groups is 1. The second-order valence-electron chi connectivity index (χ2n) is 4.97. The van der Waals surface area contributed by atoms with E-state index in [9.17, 15) is 14.7 Å². The summed E-state index contributed by atoms with van der Waals surface area (Å²) in [5.74, 6) is -1.35. The minimum atomic E-state index is -1.22. The second kappa shape index (κ2) is 7.58. The lowest BCUT2D eigenvalue weighted by atomic mass is 10.1. The number of phenols is 1. The number of hydrogen-bond acceptors (Lipinski definition) is 4. The van der Waals surface area contributed by atoms with Crippen LogP contribution < -0.4 is 10.6 Å². The minimum absolute atomic E-state index is 0.103. The summed E-state index contributed by atoms with van der Waals surface area (Å²) in [5, 5.41) is 23.7. The predicted molar refractivity (Wildman–Crippen MR) is 83.5 cm³/mol. The first-order valence-electron chi connectivity index (χ1n) is 6.46. The summed E-state index contributed by atoms with van der Waals surface area (Å²) in [5.41, 5.74) is 0.194. The monoisotopic (exact) mass is 310 g/mol. The van der Waals surface area contributed by atoms with Crippen molar-refractivity contribution >= 4 is 34.9 Å². The summed E-state index contributed by atoms with van der Waals surface area (Å²) in [4.78, 5) is 22.4. The SMILES string of the molecule is CC(C)CCC(=O)NC(=S)Nc1ccc(C(=O)O)c(O)c1. The Morgan fingerprint density at radius 1 is 1.33 bits per heavy atom. The van der Waals surface area contributed by atoms with Crippen LogP contribution in [0.25, 0.3) is 0 Å². The molecule has 0 heterocycles. The maximum atomic E-state index is 11.6. The first kappa shape index (κ1) is 16.9. The first-order valence-corrected chi connectivity index (χ1v) is 6.87. The van der Waals surface area contributed by atoms with Crippen LogP contribution in [0.15, 0.2) is 18.2 Å². The van der Waals surface area contributed by atoms with Crippen molar-refractivity contribution in [1.29, 1.82) is 0 Å². The number of thiocarbonyl (C=S) groups is 1. The van der Waals surface area contributed by atoms with Crippen molar-refractivity contribution in [3.63, 3.8) is 0 Å². The third-order valence-corrected chi connectivity index (χ3v) is 2.89. The van der Waals surface area contributed by atoms with E-state index < -0.39 is 5.97 Å². The van der Waals surface area contributed by atoms with Gasteiger partial charge in [-0.3, -0.25) is 4.79 Å². The number of benzene rings is 1. The van der Waals surface area contributed by atoms with E-state index in [4.69, 9.17) is 17.3 Å². The van der Waals surface area contributed by atoms with Crippen LogP contribution in [0, 0.1) is 5.92 Å². The Morgan fingerprint density at radius 2 is 2.00 bits per heavy atom. The van der Waals surface area contributed by atoms with E-state index in [1.54, 1.807) is 0 Å². The lowest BCUT2D eigenvalue weighted by Crippen LogP contribution is -2.34. The second-order valence-corrected chi connectivity index (χ2v) is 5.38. The molecule has 0 aromatic heterocycles. The number of carbonyl (C=O) groups excluding carboxylic acids is 1. The molecule has 21 heavy (non-hydrogen) atoms. The molecule has 1 rings (SSSR count). The van der Waals surface area contributed by atoms with E-state index >= 15 is 0 Å². The van der Waals surface area contributed by atoms with Gasteiger partial charge in [0, 0.05) is 18.2 Å². The van der Waals surface area contributed by atoms with Crippen LogP contribution in [0.3, 0.4) is 0 Å². The molecular weight excluding hydrogens is 292 g/mol. The summed E-state index contributed by atoms with van der Waals surface area (Å²) in [6.07, 6.45) is 1.14. The van der Waals surface area contributed by atoms with Crippen molar-refractivity contribution < 1.29 is 19.8 Å². The van der Waals surface area contributed by atoms with Crippen LogP contribution in [-0.2, 0) is 4.79 Å². The molecule has 1 amide bonds. The lowest BCUT2D eigenvalue weighted by molar-refractivity contribution is -0.119. The molecule has 114 valence electrons. The highest BCUT2D eigenvalue weighted by atomic mass is 32.1. The summed E-state index contributed by atoms with van der Waals surface area (Å²) in [6.45, 7) is 4.05. The van der Waals surface area contributed by atoms with Crippen LogP contribution in [0.2, 0.25) is 0 Å². The first-order chi connectivity index (χ1) is 9.79. The van der Waals surface area contributed by atoms with E-state index in [0.29, 0.717) is 18.0 Å². The maximum absolute atomic E-state index is 11.6. The molecule has 0 spiro atoms. The molecule has 0 aliphatic carbocycles. The largest absolute Gasteiger partial charge is 0.507 e. The van der Waals surface area contributed by atoms with Crippen molar-refractivity contribution in [2.24, 2.45) is 5.92 Å². The zero-order valence-corrected chi connectivity index (χ0v) is 12.7. The van der Waals surface area contributed by atoms with Crippen molar-refractivity contribution in [1.82, 2.24) is 5.32 Å². The fraction of sp³-hybridized carbons (Fsp3) is 0.357. The molecule has 1 aromatic rings. The fourth-order valence-electron chi connectivity index (χ4n) is 1.56. The average molecular weight is 310 g/mol. The molecule has 0 aliphatic rings. The molecule has 4 N–H and O–H groups in total. The number of nitrogens with one attached hydrogen (secondary N) is 2. The van der Waals surface area contributed by atoms with Crippen molar-refractivity contribution in [3.8, 4) is 5.75 Å². The van der Waals surface area contributed by atoms with Crippen LogP contribution in [-0.4, -0.2) is 27.2 Å². The molecule has 6 nitrogen and oxygen atoms in total. The van der Waals surface area contributed by atoms with Gasteiger partial charge < -0.3 is 20.8 Å². The lowest BCUT2D eigenvalue weighted by Gasteiger charge is -2.11. The van der Waals surface area contributed by atoms with Gasteiger partial charge in [-0.05, 0) is 36.7 Å². The third-order valence-electron chi connectivity index (χ3n) is 2.69. The van der Waals surface area contributed by atoms with Crippen LogP contribution >= 0.6 is 12.2 Å². The Hall–Kier alpha value is -2.15. The van der Waals surface area contributed by atoms with Crippen molar-refractivity contribution in [2.75, 3.05) is 5.32 Å². The van der Waals surface area contributed by atoms with Gasteiger partial charge >= 0.3 is 5.97 Å². The van der Waals surface area contributed by atoms with Gasteiger partial charge in [0.1, 0.15) is 11.3 Å². The zero-order chi connectivity index (χ0) is 16.0. The van der Waals surface area contributed by atoms with E-state index in [-0.39, 0.29) is 22.3 Å². The Balaban J connectivity index is 2.57. The number of carbonyl (C=O) groups is 2. The van der Waals surface area contributed by atoms with E-state index in [1.165, 1.54) is 18.2 Å². The number of anilines is 1. The summed E-state index contributed by atoms with van der Waals surface area (Å²) < 4.78 is 0. The van der Waals surface area contributed by atoms with Crippen molar-refractivity contribution in [3.05, 3.63) is 23.8 Å². The number of carboxylic acids is 1. The number of rotatable bonds is 5. The molecule has 0 bridgehead atoms. The van der Waals surface area contributed by atoms with Gasteiger partial charge in [-0.2, -0.15) is 0 Å². The Labute approximate surface area is 128 Å². The smallest absolute Gasteiger partial charge is 0.339 e. The van der Waals surface area contributed by atoms with E-state index in [2.05, 4.69) is 10.6 Å². The van der Waals surface area contributed by atoms with Gasteiger partial charge in [-0.1, -0.05) is 13.8 Å². The molecule has 1 aromatic carbocycles. The average Bonchev–Trinajstić information content (AvgIpc) is 2.35. The highest BCUT2D eigenvalue weighted by Gasteiger charge is 2.11. The molecule has 0 fully saturated rings. The normalized spacial score (nSPS) is 10.2. The van der Waals surface area contributed by atoms with Gasteiger partial charge in [0.05, 0.1) is 0 Å². The Bertz CT molecular complexity index is 558. The molecule has 0 aliphatic heterocycles. The number of amides is 1. The predicted octanol–water partition coefficient (Wildman–Crippen LogP) is 2.34. The van der Waals surface area contributed by atoms with Crippen LogP contribution in [0.5, 0.6) is 5.75 Å². The molecule has 0 saturated carbocycles. The van der Waals surface area contributed by atoms with Crippen molar-refractivity contribution in [2.45, 2.75) is 26.7 Å². The third kappa shape index (κ3) is 5.78. The summed E-state index contributed by atoms with van der Waals surface area (Å²) >= 11 is 4.98. The highest BCUT2D eigenvalue weighted by Crippen LogP contribution is 2.21. The van der Waals surface area contributed by atoms with Gasteiger partial charge in [-0.25, -0.2) is 4.79 Å². The number of carboxylic acid groups (broad SMARTS) is 1. The molecule has 7 heteroatoms. The minimum Gasteiger partial charge on any atom is -0.507 e. The van der Waals surface area contributed by atoms with E-state index in [1.807, 2.05) is 13.8 Å². The topological polar surface area (TPSA) is 98.7 Å². The van der Waals surface area contributed by atoms with Crippen LogP contribution in [0.4, 0.5) is 5.69 Å². The van der Waals surface area contributed by atoms with E-state index in [0.717, 1.165) is 6.42 Å². The fourth-order valence-corrected chi connectivity index (χ4v) is 1.79.